The van der Waals surface area contributed by atoms with E-state index >= 15 is 0 Å². The highest BCUT2D eigenvalue weighted by atomic mass is 32.2. The van der Waals surface area contributed by atoms with Gasteiger partial charge >= 0.3 is 0 Å². The summed E-state index contributed by atoms with van der Waals surface area (Å²) in [5.74, 6) is 0.658. The molecule has 0 aliphatic heterocycles. The predicted molar refractivity (Wildman–Crippen MR) is 79.7 cm³/mol. The van der Waals surface area contributed by atoms with E-state index in [-0.39, 0.29) is 24.2 Å². The van der Waals surface area contributed by atoms with Crippen LogP contribution in [0.4, 0.5) is 0 Å². The summed E-state index contributed by atoms with van der Waals surface area (Å²) >= 11 is 0. The van der Waals surface area contributed by atoms with Gasteiger partial charge in [0.25, 0.3) is 0 Å². The lowest BCUT2D eigenvalue weighted by molar-refractivity contribution is 0.217. The van der Waals surface area contributed by atoms with E-state index in [1.165, 1.54) is 7.11 Å². The van der Waals surface area contributed by atoms with Gasteiger partial charge in [-0.15, -0.1) is 0 Å². The molecule has 5 nitrogen and oxygen atoms in total. The van der Waals surface area contributed by atoms with Gasteiger partial charge in [-0.25, -0.2) is 8.42 Å². The fourth-order valence-corrected chi connectivity index (χ4v) is 3.06. The van der Waals surface area contributed by atoms with Crippen molar-refractivity contribution in [2.45, 2.75) is 26.0 Å². The fraction of sp³-hybridized carbons (Fsp3) is 0.571. The minimum Gasteiger partial charge on any atom is -0.491 e. The minimum absolute atomic E-state index is 0.00819. The van der Waals surface area contributed by atoms with E-state index in [9.17, 15) is 8.42 Å². The summed E-state index contributed by atoms with van der Waals surface area (Å²) in [4.78, 5) is 0. The number of sulfone groups is 1. The van der Waals surface area contributed by atoms with Crippen molar-refractivity contribution >= 4 is 9.84 Å². The maximum absolute atomic E-state index is 11.8. The van der Waals surface area contributed by atoms with Gasteiger partial charge in [0.1, 0.15) is 5.75 Å². The third-order valence-corrected chi connectivity index (χ3v) is 4.37. The molecule has 114 valence electrons. The van der Waals surface area contributed by atoms with Crippen LogP contribution < -0.4 is 10.5 Å². The van der Waals surface area contributed by atoms with Crippen molar-refractivity contribution in [1.82, 2.24) is 0 Å². The van der Waals surface area contributed by atoms with Gasteiger partial charge in [-0.2, -0.15) is 0 Å². The second kappa shape index (κ2) is 7.61. The average Bonchev–Trinajstić information content (AvgIpc) is 2.36. The van der Waals surface area contributed by atoms with Crippen LogP contribution in [-0.2, 0) is 14.6 Å². The van der Waals surface area contributed by atoms with Crippen LogP contribution in [-0.4, -0.2) is 39.7 Å². The highest BCUT2D eigenvalue weighted by molar-refractivity contribution is 7.91. The lowest BCUT2D eigenvalue weighted by atomic mass is 10.1. The zero-order valence-corrected chi connectivity index (χ0v) is 13.0. The van der Waals surface area contributed by atoms with Crippen LogP contribution in [0.5, 0.6) is 5.75 Å². The van der Waals surface area contributed by atoms with Crippen LogP contribution in [0.3, 0.4) is 0 Å². The molecule has 1 unspecified atom stereocenters. The van der Waals surface area contributed by atoms with Gasteiger partial charge < -0.3 is 15.2 Å². The molecule has 1 aromatic carbocycles. The topological polar surface area (TPSA) is 78.6 Å². The Morgan fingerprint density at radius 3 is 2.30 bits per heavy atom. The number of hydrogen-bond donors (Lipinski definition) is 1. The SMILES string of the molecule is COCCS(=O)(=O)CC(N)c1ccc(OC(C)C)cc1. The zero-order chi connectivity index (χ0) is 15.2. The maximum atomic E-state index is 11.8. The molecule has 0 saturated heterocycles. The normalized spacial score (nSPS) is 13.4. The van der Waals surface area contributed by atoms with Gasteiger partial charge in [0, 0.05) is 13.2 Å². The smallest absolute Gasteiger partial charge is 0.154 e. The molecule has 0 aromatic heterocycles. The molecule has 0 heterocycles. The van der Waals surface area contributed by atoms with Crippen molar-refractivity contribution in [3.8, 4) is 5.75 Å². The molecular weight excluding hydrogens is 278 g/mol. The number of nitrogens with two attached hydrogens (primary N) is 1. The van der Waals surface area contributed by atoms with Gasteiger partial charge in [0.05, 0.1) is 24.2 Å². The minimum atomic E-state index is -3.20. The first-order chi connectivity index (χ1) is 9.34. The number of benzene rings is 1. The molecule has 1 aromatic rings. The largest absolute Gasteiger partial charge is 0.491 e. The molecule has 0 radical (unpaired) electrons. The molecule has 2 N–H and O–H groups in total. The monoisotopic (exact) mass is 301 g/mol. The standard InChI is InChI=1S/C14H23NO4S/c1-11(2)19-13-6-4-12(5-7-13)14(15)10-20(16,17)9-8-18-3/h4-7,11,14H,8-10,15H2,1-3H3. The Morgan fingerprint density at radius 1 is 1.20 bits per heavy atom. The Kier molecular flexibility index (Phi) is 6.45. The average molecular weight is 301 g/mol. The van der Waals surface area contributed by atoms with Gasteiger partial charge in [0.15, 0.2) is 9.84 Å². The second-order valence-corrected chi connectivity index (χ2v) is 7.18. The summed E-state index contributed by atoms with van der Waals surface area (Å²) in [5.41, 5.74) is 6.72. The summed E-state index contributed by atoms with van der Waals surface area (Å²) in [6.45, 7) is 4.08. The summed E-state index contributed by atoms with van der Waals surface area (Å²) in [6, 6.07) is 6.67. The molecule has 0 spiro atoms. The highest BCUT2D eigenvalue weighted by Gasteiger charge is 2.17. The van der Waals surface area contributed by atoms with E-state index in [4.69, 9.17) is 15.2 Å². The summed E-state index contributed by atoms with van der Waals surface area (Å²) in [7, 11) is -1.73. The lowest BCUT2D eigenvalue weighted by Crippen LogP contribution is -2.25. The van der Waals surface area contributed by atoms with E-state index in [0.717, 1.165) is 11.3 Å². The van der Waals surface area contributed by atoms with Gasteiger partial charge in [-0.05, 0) is 31.5 Å². The number of ether oxygens (including phenoxy) is 2. The fourth-order valence-electron chi connectivity index (χ4n) is 1.73. The Balaban J connectivity index is 2.65. The zero-order valence-electron chi connectivity index (χ0n) is 12.2. The Morgan fingerprint density at radius 2 is 1.80 bits per heavy atom. The predicted octanol–water partition coefficient (Wildman–Crippen LogP) is 1.53. The van der Waals surface area contributed by atoms with Crippen molar-refractivity contribution in [1.29, 1.82) is 0 Å². The van der Waals surface area contributed by atoms with Crippen molar-refractivity contribution < 1.29 is 17.9 Å². The number of hydrogen-bond acceptors (Lipinski definition) is 5. The quantitative estimate of drug-likeness (QED) is 0.788. The van der Waals surface area contributed by atoms with Crippen molar-refractivity contribution in [3.63, 3.8) is 0 Å². The molecule has 0 aliphatic carbocycles. The first-order valence-electron chi connectivity index (χ1n) is 6.55. The molecule has 0 aliphatic rings. The van der Waals surface area contributed by atoms with Gasteiger partial charge in [-0.1, -0.05) is 12.1 Å². The molecule has 0 bridgehead atoms. The molecule has 0 fully saturated rings. The molecule has 0 amide bonds. The van der Waals surface area contributed by atoms with Crippen molar-refractivity contribution in [2.24, 2.45) is 5.73 Å². The molecule has 6 heteroatoms. The molecule has 0 saturated carbocycles. The summed E-state index contributed by atoms with van der Waals surface area (Å²) in [6.07, 6.45) is 0.101. The first-order valence-corrected chi connectivity index (χ1v) is 8.38. The molecule has 20 heavy (non-hydrogen) atoms. The van der Waals surface area contributed by atoms with E-state index in [1.807, 2.05) is 13.8 Å². The van der Waals surface area contributed by atoms with Crippen LogP contribution in [0.1, 0.15) is 25.5 Å². The molecule has 1 rings (SSSR count). The molecule has 1 atom stereocenters. The lowest BCUT2D eigenvalue weighted by Gasteiger charge is -2.14. The van der Waals surface area contributed by atoms with E-state index in [1.54, 1.807) is 24.3 Å². The van der Waals surface area contributed by atoms with Gasteiger partial charge in [0.2, 0.25) is 0 Å². The number of methoxy groups -OCH3 is 1. The van der Waals surface area contributed by atoms with Crippen molar-refractivity contribution in [3.05, 3.63) is 29.8 Å². The van der Waals surface area contributed by atoms with Crippen molar-refractivity contribution in [2.75, 3.05) is 25.2 Å². The van der Waals surface area contributed by atoms with E-state index in [2.05, 4.69) is 0 Å². The van der Waals surface area contributed by atoms with Gasteiger partial charge in [-0.3, -0.25) is 0 Å². The van der Waals surface area contributed by atoms with Crippen LogP contribution in [0.2, 0.25) is 0 Å². The van der Waals surface area contributed by atoms with E-state index in [0.29, 0.717) is 0 Å². The highest BCUT2D eigenvalue weighted by Crippen LogP contribution is 2.18. The Hall–Kier alpha value is -1.11. The Bertz CT molecular complexity index is 496. The summed E-state index contributed by atoms with van der Waals surface area (Å²) < 4.78 is 33.9. The Labute approximate surface area is 121 Å². The second-order valence-electron chi connectivity index (χ2n) is 4.95. The first kappa shape index (κ1) is 16.9. The van der Waals surface area contributed by atoms with Crippen LogP contribution in [0, 0.1) is 0 Å². The van der Waals surface area contributed by atoms with Crippen LogP contribution >= 0.6 is 0 Å². The molecular formula is C14H23NO4S. The third-order valence-electron chi connectivity index (χ3n) is 2.71. The number of rotatable bonds is 8. The van der Waals surface area contributed by atoms with Crippen LogP contribution in [0.15, 0.2) is 24.3 Å². The van der Waals surface area contributed by atoms with Crippen LogP contribution in [0.25, 0.3) is 0 Å². The third kappa shape index (κ3) is 5.90. The summed E-state index contributed by atoms with van der Waals surface area (Å²) in [5, 5.41) is 0. The van der Waals surface area contributed by atoms with E-state index < -0.39 is 15.9 Å². The maximum Gasteiger partial charge on any atom is 0.154 e.